The van der Waals surface area contributed by atoms with E-state index >= 15 is 0 Å². The van der Waals surface area contributed by atoms with Gasteiger partial charge in [0.2, 0.25) is 5.91 Å². The van der Waals surface area contributed by atoms with Crippen molar-refractivity contribution in [1.82, 2.24) is 19.3 Å². The van der Waals surface area contributed by atoms with Crippen molar-refractivity contribution in [3.05, 3.63) is 82.0 Å². The number of nitrogens with one attached hydrogen (secondary N) is 1. The number of hydrogen-bond donors (Lipinski definition) is 1. The van der Waals surface area contributed by atoms with Crippen molar-refractivity contribution in [3.63, 3.8) is 0 Å². The van der Waals surface area contributed by atoms with Crippen molar-refractivity contribution < 1.29 is 31.1 Å². The highest BCUT2D eigenvalue weighted by Gasteiger charge is 2.37. The minimum absolute atomic E-state index is 0.0327. The van der Waals surface area contributed by atoms with E-state index in [1.807, 2.05) is 11.4 Å². The molecular formula is C23H17F6N5O2. The van der Waals surface area contributed by atoms with Gasteiger partial charge in [-0.3, -0.25) is 14.2 Å². The van der Waals surface area contributed by atoms with Crippen LogP contribution in [-0.4, -0.2) is 25.2 Å². The lowest BCUT2D eigenvalue weighted by Crippen LogP contribution is -2.26. The second-order valence-corrected chi connectivity index (χ2v) is 7.84. The molecule has 0 atom stereocenters. The lowest BCUT2D eigenvalue weighted by atomic mass is 10.1. The average molecular weight is 509 g/mol. The Bertz CT molecular complexity index is 1460. The number of fused-ring (bicyclic) bond motifs is 1. The maximum absolute atomic E-state index is 13.0. The molecule has 0 saturated heterocycles. The van der Waals surface area contributed by atoms with Gasteiger partial charge in [0.1, 0.15) is 11.2 Å². The molecule has 0 aliphatic rings. The molecule has 4 rings (SSSR count). The predicted molar refractivity (Wildman–Crippen MR) is 118 cm³/mol. The van der Waals surface area contributed by atoms with Gasteiger partial charge in [-0.2, -0.15) is 31.4 Å². The maximum Gasteiger partial charge on any atom is 0.416 e. The number of alkyl halides is 6. The van der Waals surface area contributed by atoms with E-state index in [1.165, 1.54) is 22.4 Å². The summed E-state index contributed by atoms with van der Waals surface area (Å²) < 4.78 is 80.9. The molecule has 0 aliphatic carbocycles. The number of benzene rings is 2. The molecule has 0 aliphatic heterocycles. The van der Waals surface area contributed by atoms with Crippen molar-refractivity contribution in [2.45, 2.75) is 32.2 Å². The van der Waals surface area contributed by atoms with E-state index in [9.17, 15) is 35.9 Å². The third kappa shape index (κ3) is 5.09. The van der Waals surface area contributed by atoms with E-state index in [2.05, 4.69) is 10.1 Å². The first kappa shape index (κ1) is 24.9. The van der Waals surface area contributed by atoms with Gasteiger partial charge in [0, 0.05) is 18.7 Å². The fraction of sp³-hybridized carbons (Fsp3) is 0.217. The van der Waals surface area contributed by atoms with Crippen LogP contribution in [0.5, 0.6) is 0 Å². The number of nitrogens with zero attached hydrogens (tertiary/aromatic N) is 4. The Kier molecular flexibility index (Phi) is 6.33. The van der Waals surface area contributed by atoms with E-state index in [1.54, 1.807) is 24.3 Å². The zero-order valence-corrected chi connectivity index (χ0v) is 18.5. The Morgan fingerprint density at radius 3 is 2.17 bits per heavy atom. The molecule has 1 amide bonds. The number of rotatable bonds is 5. The second kappa shape index (κ2) is 9.13. The highest BCUT2D eigenvalue weighted by molar-refractivity contribution is 5.91. The molecule has 7 nitrogen and oxygen atoms in total. The molecule has 0 radical (unpaired) electrons. The van der Waals surface area contributed by atoms with Crippen LogP contribution in [0.15, 0.2) is 59.5 Å². The highest BCUT2D eigenvalue weighted by Crippen LogP contribution is 2.37. The summed E-state index contributed by atoms with van der Waals surface area (Å²) in [5.74, 6) is -0.634. The summed E-state index contributed by atoms with van der Waals surface area (Å²) in [5, 5.41) is 6.42. The van der Waals surface area contributed by atoms with Gasteiger partial charge < -0.3 is 5.32 Å². The zero-order chi connectivity index (χ0) is 26.3. The van der Waals surface area contributed by atoms with Gasteiger partial charge >= 0.3 is 12.4 Å². The van der Waals surface area contributed by atoms with Gasteiger partial charge in [0.15, 0.2) is 5.65 Å². The normalized spacial score (nSPS) is 12.2. The van der Waals surface area contributed by atoms with Crippen LogP contribution in [0.25, 0.3) is 16.7 Å². The summed E-state index contributed by atoms with van der Waals surface area (Å²) in [6.45, 7) is 1.32. The van der Waals surface area contributed by atoms with Gasteiger partial charge in [-0.05, 0) is 37.3 Å². The first-order valence-corrected chi connectivity index (χ1v) is 10.4. The fourth-order valence-electron chi connectivity index (χ4n) is 3.59. The first-order chi connectivity index (χ1) is 16.8. The highest BCUT2D eigenvalue weighted by atomic mass is 19.4. The van der Waals surface area contributed by atoms with Crippen LogP contribution in [0, 0.1) is 6.92 Å². The molecule has 2 heterocycles. The molecule has 13 heteroatoms. The average Bonchev–Trinajstić information content (AvgIpc) is 3.22. The van der Waals surface area contributed by atoms with Crippen molar-refractivity contribution in [1.29, 1.82) is 0 Å². The summed E-state index contributed by atoms with van der Waals surface area (Å²) in [6, 6.07) is 9.74. The number of para-hydroxylation sites is 1. The molecule has 2 aromatic heterocycles. The third-order valence-electron chi connectivity index (χ3n) is 5.31. The molecular weight excluding hydrogens is 492 g/mol. The molecule has 1 N–H and O–H groups in total. The van der Waals surface area contributed by atoms with Crippen molar-refractivity contribution in [2.24, 2.45) is 0 Å². The molecule has 0 unspecified atom stereocenters. The van der Waals surface area contributed by atoms with Gasteiger partial charge in [-0.15, -0.1) is 0 Å². The third-order valence-corrected chi connectivity index (χ3v) is 5.31. The molecule has 2 aromatic carbocycles. The van der Waals surface area contributed by atoms with Crippen LogP contribution in [0.3, 0.4) is 0 Å². The second-order valence-electron chi connectivity index (χ2n) is 7.84. The summed E-state index contributed by atoms with van der Waals surface area (Å²) >= 11 is 0. The zero-order valence-electron chi connectivity index (χ0n) is 18.5. The Labute approximate surface area is 199 Å². The van der Waals surface area contributed by atoms with Crippen molar-refractivity contribution >= 4 is 22.6 Å². The quantitative estimate of drug-likeness (QED) is 0.386. The van der Waals surface area contributed by atoms with Crippen molar-refractivity contribution in [3.8, 4) is 5.69 Å². The summed E-state index contributed by atoms with van der Waals surface area (Å²) in [6.07, 6.45) is -9.17. The van der Waals surface area contributed by atoms with Gasteiger partial charge in [-0.25, -0.2) is 9.67 Å². The molecule has 0 fully saturated rings. The van der Waals surface area contributed by atoms with E-state index in [-0.39, 0.29) is 23.8 Å². The lowest BCUT2D eigenvalue weighted by Gasteiger charge is -2.15. The van der Waals surface area contributed by atoms with Gasteiger partial charge in [-0.1, -0.05) is 18.2 Å². The summed E-state index contributed by atoms with van der Waals surface area (Å²) in [7, 11) is 0. The smallest absolute Gasteiger partial charge is 0.326 e. The minimum Gasteiger partial charge on any atom is -0.326 e. The number of aryl methyl sites for hydroxylation is 1. The molecule has 188 valence electrons. The number of aromatic nitrogens is 4. The SMILES string of the molecule is Cc1nc2c(cnn2-c2ccccc2)c(=O)n1CCC(=O)Nc1cc(C(F)(F)F)cc(C(F)(F)F)c1. The Morgan fingerprint density at radius 2 is 1.58 bits per heavy atom. The molecule has 0 bridgehead atoms. The van der Waals surface area contributed by atoms with Crippen LogP contribution in [-0.2, 0) is 23.7 Å². The summed E-state index contributed by atoms with van der Waals surface area (Å²) in [4.78, 5) is 29.7. The maximum atomic E-state index is 13.0. The van der Waals surface area contributed by atoms with Crippen LogP contribution in [0.1, 0.15) is 23.4 Å². The molecule has 4 aromatic rings. The van der Waals surface area contributed by atoms with Gasteiger partial charge in [0.05, 0.1) is 23.0 Å². The topological polar surface area (TPSA) is 81.8 Å². The Morgan fingerprint density at radius 1 is 0.972 bits per heavy atom. The predicted octanol–water partition coefficient (Wildman–Crippen LogP) is 4.96. The first-order valence-electron chi connectivity index (χ1n) is 10.4. The van der Waals surface area contributed by atoms with Crippen molar-refractivity contribution in [2.75, 3.05) is 5.32 Å². The summed E-state index contributed by atoms with van der Waals surface area (Å²) in [5.41, 5.74) is -3.28. The molecule has 0 spiro atoms. The van der Waals surface area contributed by atoms with Gasteiger partial charge in [0.25, 0.3) is 5.56 Å². The molecule has 0 saturated carbocycles. The monoisotopic (exact) mass is 509 g/mol. The van der Waals surface area contributed by atoms with E-state index in [0.29, 0.717) is 23.5 Å². The van der Waals surface area contributed by atoms with E-state index < -0.39 is 47.1 Å². The number of amides is 1. The van der Waals surface area contributed by atoms with Crippen LogP contribution < -0.4 is 10.9 Å². The van der Waals surface area contributed by atoms with E-state index in [0.717, 1.165) is 0 Å². The Balaban J connectivity index is 1.56. The van der Waals surface area contributed by atoms with Crippen LogP contribution >= 0.6 is 0 Å². The lowest BCUT2D eigenvalue weighted by molar-refractivity contribution is -0.143. The number of carbonyl (C=O) groups is 1. The van der Waals surface area contributed by atoms with E-state index in [4.69, 9.17) is 0 Å². The number of anilines is 1. The standard InChI is InChI=1S/C23H17F6N5O2/c1-13-31-20-18(12-30-34(20)17-5-3-2-4-6-17)21(36)33(13)8-7-19(35)32-16-10-14(22(24,25)26)9-15(11-16)23(27,28)29/h2-6,9-12H,7-8H2,1H3,(H,32,35). The Hall–Kier alpha value is -4.16. The number of carbonyl (C=O) groups excluding carboxylic acids is 1. The number of halogens is 6. The minimum atomic E-state index is -5.05. The number of hydrogen-bond acceptors (Lipinski definition) is 4. The van der Waals surface area contributed by atoms with Crippen LogP contribution in [0.4, 0.5) is 32.0 Å². The fourth-order valence-corrected chi connectivity index (χ4v) is 3.59. The van der Waals surface area contributed by atoms with Crippen LogP contribution in [0.2, 0.25) is 0 Å². The molecule has 36 heavy (non-hydrogen) atoms. The largest absolute Gasteiger partial charge is 0.416 e.